The van der Waals surface area contributed by atoms with Crippen molar-refractivity contribution in [2.75, 3.05) is 20.3 Å². The summed E-state index contributed by atoms with van der Waals surface area (Å²) in [5.41, 5.74) is 6.13. The lowest BCUT2D eigenvalue weighted by Crippen LogP contribution is -2.36. The highest BCUT2D eigenvalue weighted by atomic mass is 19.1. The molecule has 5 heteroatoms. The molecule has 1 aliphatic rings. The van der Waals surface area contributed by atoms with Crippen molar-refractivity contribution in [3.05, 3.63) is 35.1 Å². The van der Waals surface area contributed by atoms with Crippen molar-refractivity contribution in [1.29, 1.82) is 5.41 Å². The monoisotopic (exact) mass is 265 g/mol. The quantitative estimate of drug-likeness (QED) is 0.643. The fraction of sp³-hybridized carbons (Fsp3) is 0.500. The molecule has 19 heavy (non-hydrogen) atoms. The topological polar surface area (TPSA) is 62.3 Å². The van der Waals surface area contributed by atoms with E-state index in [9.17, 15) is 4.39 Å². The Bertz CT molecular complexity index is 458. The van der Waals surface area contributed by atoms with E-state index < -0.39 is 0 Å². The van der Waals surface area contributed by atoms with Crippen molar-refractivity contribution < 1.29 is 9.13 Å². The number of nitrogen functional groups attached to an aromatic ring is 1. The maximum atomic E-state index is 14.2. The van der Waals surface area contributed by atoms with Gasteiger partial charge in [0.2, 0.25) is 0 Å². The van der Waals surface area contributed by atoms with Gasteiger partial charge in [0.15, 0.2) is 0 Å². The molecule has 3 N–H and O–H groups in total. The average molecular weight is 265 g/mol. The van der Waals surface area contributed by atoms with Crippen LogP contribution in [-0.4, -0.2) is 37.0 Å². The fourth-order valence-corrected chi connectivity index (χ4v) is 2.43. The van der Waals surface area contributed by atoms with Gasteiger partial charge in [-0.15, -0.1) is 0 Å². The molecule has 0 bridgehead atoms. The van der Waals surface area contributed by atoms with Gasteiger partial charge in [0, 0.05) is 31.4 Å². The van der Waals surface area contributed by atoms with E-state index in [0.29, 0.717) is 18.2 Å². The van der Waals surface area contributed by atoms with Crippen LogP contribution in [0.5, 0.6) is 0 Å². The van der Waals surface area contributed by atoms with E-state index in [-0.39, 0.29) is 17.2 Å². The van der Waals surface area contributed by atoms with E-state index in [1.54, 1.807) is 12.1 Å². The Hall–Kier alpha value is -1.46. The van der Waals surface area contributed by atoms with Crippen LogP contribution in [0.2, 0.25) is 0 Å². The van der Waals surface area contributed by atoms with Gasteiger partial charge in [0.05, 0.1) is 5.56 Å². The Morgan fingerprint density at radius 3 is 2.79 bits per heavy atom. The second kappa shape index (κ2) is 6.12. The molecule has 0 spiro atoms. The number of hydrogen-bond donors (Lipinski definition) is 2. The summed E-state index contributed by atoms with van der Waals surface area (Å²) in [7, 11) is 2.00. The van der Waals surface area contributed by atoms with Crippen LogP contribution >= 0.6 is 0 Å². The van der Waals surface area contributed by atoms with Crippen LogP contribution in [-0.2, 0) is 11.3 Å². The first-order valence-corrected chi connectivity index (χ1v) is 6.49. The highest BCUT2D eigenvalue weighted by molar-refractivity contribution is 5.95. The number of benzene rings is 1. The fourth-order valence-electron chi connectivity index (χ4n) is 2.43. The lowest BCUT2D eigenvalue weighted by Gasteiger charge is -2.31. The molecule has 0 aliphatic carbocycles. The third-order valence-electron chi connectivity index (χ3n) is 3.60. The van der Waals surface area contributed by atoms with E-state index in [0.717, 1.165) is 26.1 Å². The number of nitrogens with zero attached hydrogens (tertiary/aromatic N) is 1. The first kappa shape index (κ1) is 14.0. The maximum absolute atomic E-state index is 14.2. The number of rotatable bonds is 4. The van der Waals surface area contributed by atoms with Crippen LogP contribution in [0.15, 0.2) is 18.2 Å². The molecule has 0 unspecified atom stereocenters. The molecule has 1 fully saturated rings. The summed E-state index contributed by atoms with van der Waals surface area (Å²) in [5.74, 6) is -0.609. The van der Waals surface area contributed by atoms with Crippen molar-refractivity contribution in [3.8, 4) is 0 Å². The number of nitrogens with one attached hydrogen (secondary N) is 1. The smallest absolute Gasteiger partial charge is 0.138 e. The van der Waals surface area contributed by atoms with Gasteiger partial charge < -0.3 is 10.5 Å². The van der Waals surface area contributed by atoms with E-state index in [4.69, 9.17) is 15.9 Å². The molecule has 1 heterocycles. The Balaban J connectivity index is 2.10. The lowest BCUT2D eigenvalue weighted by atomic mass is 10.0. The number of halogens is 1. The lowest BCUT2D eigenvalue weighted by molar-refractivity contribution is 0.0404. The minimum absolute atomic E-state index is 0.179. The number of nitrogens with two attached hydrogens (primary N) is 1. The molecule has 4 nitrogen and oxygen atoms in total. The van der Waals surface area contributed by atoms with Crippen LogP contribution in [0.25, 0.3) is 0 Å². The van der Waals surface area contributed by atoms with Gasteiger partial charge in [-0.05, 0) is 26.0 Å². The molecule has 0 saturated carbocycles. The van der Waals surface area contributed by atoms with Crippen molar-refractivity contribution in [1.82, 2.24) is 4.90 Å². The summed E-state index contributed by atoms with van der Waals surface area (Å²) in [6.45, 7) is 2.06. The Morgan fingerprint density at radius 1 is 1.47 bits per heavy atom. The highest BCUT2D eigenvalue weighted by Gasteiger charge is 2.20. The average Bonchev–Trinajstić information content (AvgIpc) is 2.41. The molecule has 2 rings (SSSR count). The van der Waals surface area contributed by atoms with Gasteiger partial charge in [-0.2, -0.15) is 0 Å². The normalized spacial score (nSPS) is 16.8. The van der Waals surface area contributed by atoms with Gasteiger partial charge in [0.1, 0.15) is 11.7 Å². The largest absolute Gasteiger partial charge is 0.384 e. The van der Waals surface area contributed by atoms with Crippen LogP contribution in [0.1, 0.15) is 24.0 Å². The molecule has 1 aromatic carbocycles. The van der Waals surface area contributed by atoms with Crippen LogP contribution < -0.4 is 5.73 Å². The Labute approximate surface area is 112 Å². The number of hydrogen-bond acceptors (Lipinski definition) is 3. The zero-order chi connectivity index (χ0) is 13.8. The predicted molar refractivity (Wildman–Crippen MR) is 72.7 cm³/mol. The highest BCUT2D eigenvalue weighted by Crippen LogP contribution is 2.19. The van der Waals surface area contributed by atoms with Crippen LogP contribution in [0.3, 0.4) is 0 Å². The molecule has 1 aliphatic heterocycles. The molecule has 1 aromatic rings. The van der Waals surface area contributed by atoms with Crippen molar-refractivity contribution in [2.45, 2.75) is 25.4 Å². The first-order chi connectivity index (χ1) is 9.09. The molecule has 0 amide bonds. The van der Waals surface area contributed by atoms with Gasteiger partial charge in [0.25, 0.3) is 0 Å². The minimum atomic E-state index is -0.381. The summed E-state index contributed by atoms with van der Waals surface area (Å²) >= 11 is 0. The molecule has 0 atom stereocenters. The molecular weight excluding hydrogens is 245 g/mol. The molecule has 104 valence electrons. The van der Waals surface area contributed by atoms with Gasteiger partial charge >= 0.3 is 0 Å². The maximum Gasteiger partial charge on any atom is 0.138 e. The van der Waals surface area contributed by atoms with Crippen molar-refractivity contribution >= 4 is 5.84 Å². The zero-order valence-electron chi connectivity index (χ0n) is 11.2. The van der Waals surface area contributed by atoms with E-state index in [1.165, 1.54) is 6.07 Å². The Kier molecular flexibility index (Phi) is 4.50. The predicted octanol–water partition coefficient (Wildman–Crippen LogP) is 1.72. The van der Waals surface area contributed by atoms with Gasteiger partial charge in [-0.1, -0.05) is 12.1 Å². The Morgan fingerprint density at radius 2 is 2.16 bits per heavy atom. The second-order valence-corrected chi connectivity index (χ2v) is 4.95. The summed E-state index contributed by atoms with van der Waals surface area (Å²) in [6.07, 6.45) is 1.95. The molecule has 1 saturated heterocycles. The van der Waals surface area contributed by atoms with E-state index in [1.807, 2.05) is 7.05 Å². The molecule has 0 radical (unpaired) electrons. The van der Waals surface area contributed by atoms with Crippen LogP contribution in [0.4, 0.5) is 4.39 Å². The third-order valence-corrected chi connectivity index (χ3v) is 3.60. The molecule has 0 aromatic heterocycles. The first-order valence-electron chi connectivity index (χ1n) is 6.49. The van der Waals surface area contributed by atoms with E-state index >= 15 is 0 Å². The second-order valence-electron chi connectivity index (χ2n) is 4.95. The minimum Gasteiger partial charge on any atom is -0.384 e. The summed E-state index contributed by atoms with van der Waals surface area (Å²) in [5, 5.41) is 7.36. The van der Waals surface area contributed by atoms with Crippen LogP contribution in [0, 0.1) is 11.2 Å². The summed E-state index contributed by atoms with van der Waals surface area (Å²) < 4.78 is 19.5. The van der Waals surface area contributed by atoms with Crippen molar-refractivity contribution in [2.24, 2.45) is 5.73 Å². The SMILES string of the molecule is CN(Cc1cccc(C(=N)N)c1F)C1CCOCC1. The molecular formula is C14H20FN3O. The standard InChI is InChI=1S/C14H20FN3O/c1-18(11-5-7-19-8-6-11)9-10-3-2-4-12(13(10)15)14(16)17/h2-4,11H,5-9H2,1H3,(H3,16,17). The summed E-state index contributed by atoms with van der Waals surface area (Å²) in [6, 6.07) is 5.45. The van der Waals surface area contributed by atoms with Gasteiger partial charge in [-0.3, -0.25) is 10.3 Å². The summed E-state index contributed by atoms with van der Waals surface area (Å²) in [4.78, 5) is 2.14. The number of ether oxygens (including phenoxy) is 1. The number of amidine groups is 1. The van der Waals surface area contributed by atoms with Crippen molar-refractivity contribution in [3.63, 3.8) is 0 Å². The van der Waals surface area contributed by atoms with E-state index in [2.05, 4.69) is 4.90 Å². The third kappa shape index (κ3) is 3.30. The zero-order valence-corrected chi connectivity index (χ0v) is 11.2. The van der Waals surface area contributed by atoms with Gasteiger partial charge in [-0.25, -0.2) is 4.39 Å².